The number of aromatic carboxylic acids is 1. The van der Waals surface area contributed by atoms with Gasteiger partial charge in [-0.05, 0) is 29.8 Å². The van der Waals surface area contributed by atoms with Crippen LogP contribution in [0.3, 0.4) is 0 Å². The fourth-order valence-corrected chi connectivity index (χ4v) is 1.44. The summed E-state index contributed by atoms with van der Waals surface area (Å²) in [6.45, 7) is 0. The summed E-state index contributed by atoms with van der Waals surface area (Å²) in [4.78, 5) is 26.1. The number of aromatic nitrogens is 1. The maximum absolute atomic E-state index is 11.6. The summed E-state index contributed by atoms with van der Waals surface area (Å²) in [5.41, 5.74) is 3.65. The van der Waals surface area contributed by atoms with Crippen molar-refractivity contribution in [2.24, 2.45) is 5.10 Å². The van der Waals surface area contributed by atoms with Crippen LogP contribution in [0.1, 0.15) is 26.3 Å². The average molecular weight is 269 g/mol. The number of benzene rings is 1. The van der Waals surface area contributed by atoms with Crippen LogP contribution < -0.4 is 5.43 Å². The van der Waals surface area contributed by atoms with Crippen LogP contribution in [0, 0.1) is 0 Å². The molecule has 20 heavy (non-hydrogen) atoms. The Labute approximate surface area is 114 Å². The van der Waals surface area contributed by atoms with Crippen LogP contribution in [0.15, 0.2) is 53.9 Å². The molecule has 2 rings (SSSR count). The van der Waals surface area contributed by atoms with Gasteiger partial charge in [-0.25, -0.2) is 10.2 Å². The Morgan fingerprint density at radius 3 is 2.50 bits per heavy atom. The first-order chi connectivity index (χ1) is 9.66. The first-order valence-corrected chi connectivity index (χ1v) is 5.73. The van der Waals surface area contributed by atoms with Gasteiger partial charge < -0.3 is 5.11 Å². The lowest BCUT2D eigenvalue weighted by Gasteiger charge is -1.98. The van der Waals surface area contributed by atoms with Crippen molar-refractivity contribution in [1.82, 2.24) is 10.4 Å². The SMILES string of the molecule is O=C(O)c1ccc(/C=N/NC(=O)c2cccnc2)cc1. The van der Waals surface area contributed by atoms with Crippen molar-refractivity contribution in [2.75, 3.05) is 0 Å². The van der Waals surface area contributed by atoms with Gasteiger partial charge in [-0.2, -0.15) is 5.10 Å². The Kier molecular flexibility index (Phi) is 4.18. The van der Waals surface area contributed by atoms with Crippen LogP contribution in [0.25, 0.3) is 0 Å². The Morgan fingerprint density at radius 2 is 1.90 bits per heavy atom. The van der Waals surface area contributed by atoms with Gasteiger partial charge in [0.2, 0.25) is 0 Å². The van der Waals surface area contributed by atoms with E-state index in [-0.39, 0.29) is 11.5 Å². The Morgan fingerprint density at radius 1 is 1.15 bits per heavy atom. The number of rotatable bonds is 4. The molecule has 0 saturated carbocycles. The van der Waals surface area contributed by atoms with E-state index in [4.69, 9.17) is 5.11 Å². The van der Waals surface area contributed by atoms with Gasteiger partial charge in [-0.1, -0.05) is 12.1 Å². The molecule has 0 bridgehead atoms. The topological polar surface area (TPSA) is 91.6 Å². The molecule has 1 heterocycles. The zero-order chi connectivity index (χ0) is 14.4. The summed E-state index contributed by atoms with van der Waals surface area (Å²) in [7, 11) is 0. The molecule has 6 nitrogen and oxygen atoms in total. The second-order valence-electron chi connectivity index (χ2n) is 3.87. The molecule has 0 radical (unpaired) electrons. The van der Waals surface area contributed by atoms with Gasteiger partial charge in [-0.15, -0.1) is 0 Å². The molecule has 1 aromatic heterocycles. The number of carbonyl (C=O) groups excluding carboxylic acids is 1. The Bertz CT molecular complexity index is 636. The first-order valence-electron chi connectivity index (χ1n) is 5.73. The van der Waals surface area contributed by atoms with Gasteiger partial charge in [0.05, 0.1) is 17.3 Å². The number of nitrogens with zero attached hydrogens (tertiary/aromatic N) is 2. The van der Waals surface area contributed by atoms with Crippen molar-refractivity contribution in [3.8, 4) is 0 Å². The Hall–Kier alpha value is -3.02. The highest BCUT2D eigenvalue weighted by Crippen LogP contribution is 2.02. The maximum atomic E-state index is 11.6. The summed E-state index contributed by atoms with van der Waals surface area (Å²) < 4.78 is 0. The molecule has 0 aliphatic rings. The zero-order valence-electron chi connectivity index (χ0n) is 10.4. The van der Waals surface area contributed by atoms with Crippen LogP contribution in [-0.2, 0) is 0 Å². The second kappa shape index (κ2) is 6.24. The van der Waals surface area contributed by atoms with Crippen LogP contribution in [0.4, 0.5) is 0 Å². The van der Waals surface area contributed by atoms with E-state index in [0.29, 0.717) is 11.1 Å². The third kappa shape index (κ3) is 3.49. The van der Waals surface area contributed by atoms with Crippen LogP contribution >= 0.6 is 0 Å². The lowest BCUT2D eigenvalue weighted by atomic mass is 10.1. The summed E-state index contributed by atoms with van der Waals surface area (Å²) >= 11 is 0. The van der Waals surface area contributed by atoms with Gasteiger partial charge in [-0.3, -0.25) is 9.78 Å². The molecule has 0 saturated heterocycles. The van der Waals surface area contributed by atoms with E-state index < -0.39 is 5.97 Å². The molecule has 6 heteroatoms. The number of carboxylic acids is 1. The molecule has 1 amide bonds. The molecule has 100 valence electrons. The summed E-state index contributed by atoms with van der Waals surface area (Å²) in [6, 6.07) is 9.41. The molecule has 2 aromatic rings. The number of nitrogens with one attached hydrogen (secondary N) is 1. The van der Waals surface area contributed by atoms with E-state index in [1.54, 1.807) is 30.5 Å². The molecule has 2 N–H and O–H groups in total. The highest BCUT2D eigenvalue weighted by molar-refractivity contribution is 5.94. The molecule has 0 spiro atoms. The minimum atomic E-state index is -0.988. The molecule has 0 aliphatic carbocycles. The summed E-state index contributed by atoms with van der Waals surface area (Å²) in [6.07, 6.45) is 4.44. The van der Waals surface area contributed by atoms with E-state index in [0.717, 1.165) is 0 Å². The second-order valence-corrected chi connectivity index (χ2v) is 3.87. The van der Waals surface area contributed by atoms with Gasteiger partial charge in [0, 0.05) is 12.4 Å². The van der Waals surface area contributed by atoms with Gasteiger partial charge >= 0.3 is 5.97 Å². The van der Waals surface area contributed by atoms with Crippen molar-refractivity contribution in [3.05, 3.63) is 65.5 Å². The third-order valence-corrected chi connectivity index (χ3v) is 2.46. The predicted octanol–water partition coefficient (Wildman–Crippen LogP) is 1.54. The number of amides is 1. The predicted molar refractivity (Wildman–Crippen MR) is 72.7 cm³/mol. The molecule has 1 aromatic carbocycles. The lowest BCUT2D eigenvalue weighted by Crippen LogP contribution is -2.17. The van der Waals surface area contributed by atoms with Crippen molar-refractivity contribution in [1.29, 1.82) is 0 Å². The van der Waals surface area contributed by atoms with Crippen molar-refractivity contribution in [3.63, 3.8) is 0 Å². The Balaban J connectivity index is 1.96. The number of carbonyl (C=O) groups is 2. The van der Waals surface area contributed by atoms with E-state index in [1.807, 2.05) is 0 Å². The fourth-order valence-electron chi connectivity index (χ4n) is 1.44. The third-order valence-electron chi connectivity index (χ3n) is 2.46. The highest BCUT2D eigenvalue weighted by Gasteiger charge is 2.03. The number of pyridine rings is 1. The minimum Gasteiger partial charge on any atom is -0.478 e. The van der Waals surface area contributed by atoms with Crippen LogP contribution in [0.5, 0.6) is 0 Å². The number of hydrazone groups is 1. The van der Waals surface area contributed by atoms with Crippen molar-refractivity contribution in [2.45, 2.75) is 0 Å². The van der Waals surface area contributed by atoms with E-state index in [9.17, 15) is 9.59 Å². The largest absolute Gasteiger partial charge is 0.478 e. The molecule has 0 atom stereocenters. The zero-order valence-corrected chi connectivity index (χ0v) is 10.4. The van der Waals surface area contributed by atoms with Crippen molar-refractivity contribution < 1.29 is 14.7 Å². The normalized spacial score (nSPS) is 10.4. The quantitative estimate of drug-likeness (QED) is 0.650. The number of carboxylic acid groups (broad SMARTS) is 1. The van der Waals surface area contributed by atoms with Crippen molar-refractivity contribution >= 4 is 18.1 Å². The average Bonchev–Trinajstić information content (AvgIpc) is 2.48. The monoisotopic (exact) mass is 269 g/mol. The standard InChI is InChI=1S/C14H11N3O3/c18-13(12-2-1-7-15-9-12)17-16-8-10-3-5-11(6-4-10)14(19)20/h1-9H,(H,17,18)(H,19,20)/b16-8+. The maximum Gasteiger partial charge on any atom is 0.335 e. The van der Waals surface area contributed by atoms with Crippen LogP contribution in [-0.4, -0.2) is 28.2 Å². The molecular weight excluding hydrogens is 258 g/mol. The van der Waals surface area contributed by atoms with Gasteiger partial charge in [0.25, 0.3) is 5.91 Å². The molecule has 0 fully saturated rings. The summed E-state index contributed by atoms with van der Waals surface area (Å²) in [5.74, 6) is -1.35. The molecular formula is C14H11N3O3. The van der Waals surface area contributed by atoms with E-state index in [1.165, 1.54) is 24.5 Å². The number of hydrogen-bond donors (Lipinski definition) is 2. The van der Waals surface area contributed by atoms with Gasteiger partial charge in [0.1, 0.15) is 0 Å². The lowest BCUT2D eigenvalue weighted by molar-refractivity contribution is 0.0696. The smallest absolute Gasteiger partial charge is 0.335 e. The van der Waals surface area contributed by atoms with E-state index >= 15 is 0 Å². The van der Waals surface area contributed by atoms with Crippen LogP contribution in [0.2, 0.25) is 0 Å². The first kappa shape index (κ1) is 13.4. The molecule has 0 unspecified atom stereocenters. The van der Waals surface area contributed by atoms with E-state index in [2.05, 4.69) is 15.5 Å². The minimum absolute atomic E-state index is 0.196. The summed E-state index contributed by atoms with van der Waals surface area (Å²) in [5, 5.41) is 12.5. The molecule has 0 aliphatic heterocycles. The fraction of sp³-hybridized carbons (Fsp3) is 0. The van der Waals surface area contributed by atoms with Gasteiger partial charge in [0.15, 0.2) is 0 Å². The highest BCUT2D eigenvalue weighted by atomic mass is 16.4. The number of hydrogen-bond acceptors (Lipinski definition) is 4.